The summed E-state index contributed by atoms with van der Waals surface area (Å²) in [6, 6.07) is 3.57. The lowest BCUT2D eigenvalue weighted by Gasteiger charge is -1.76. The van der Waals surface area contributed by atoms with Crippen molar-refractivity contribution in [3.8, 4) is 0 Å². The summed E-state index contributed by atoms with van der Waals surface area (Å²) < 4.78 is 4.80. The van der Waals surface area contributed by atoms with Crippen molar-refractivity contribution in [1.29, 1.82) is 0 Å². The number of furan rings is 1. The van der Waals surface area contributed by atoms with Crippen molar-refractivity contribution in [3.63, 3.8) is 0 Å². The standard InChI is InChI=1S/C5H4ClO/c6-4-5-2-1-3-7-5/h1-4H. The molecule has 0 spiro atoms. The van der Waals surface area contributed by atoms with Crippen molar-refractivity contribution < 1.29 is 4.42 Å². The van der Waals surface area contributed by atoms with Crippen LogP contribution in [0.5, 0.6) is 0 Å². The molecule has 2 heteroatoms. The Morgan fingerprint density at radius 2 is 2.57 bits per heavy atom. The quantitative estimate of drug-likeness (QED) is 0.546. The van der Waals surface area contributed by atoms with E-state index in [1.165, 1.54) is 5.88 Å². The highest BCUT2D eigenvalue weighted by Gasteiger charge is 1.87. The van der Waals surface area contributed by atoms with Crippen LogP contribution >= 0.6 is 11.6 Å². The van der Waals surface area contributed by atoms with Gasteiger partial charge in [-0.25, -0.2) is 0 Å². The van der Waals surface area contributed by atoms with Gasteiger partial charge in [0, 0.05) is 0 Å². The molecule has 0 unspecified atom stereocenters. The first kappa shape index (κ1) is 4.72. The van der Waals surface area contributed by atoms with Crippen LogP contribution in [0.15, 0.2) is 22.8 Å². The van der Waals surface area contributed by atoms with Gasteiger partial charge in [0.15, 0.2) is 0 Å². The smallest absolute Gasteiger partial charge is 0.123 e. The molecule has 1 nitrogen and oxygen atoms in total. The highest BCUT2D eigenvalue weighted by Crippen LogP contribution is 2.04. The highest BCUT2D eigenvalue weighted by atomic mass is 35.5. The van der Waals surface area contributed by atoms with Gasteiger partial charge >= 0.3 is 0 Å². The van der Waals surface area contributed by atoms with E-state index in [4.69, 9.17) is 16.0 Å². The first-order valence-electron chi connectivity index (χ1n) is 1.90. The summed E-state index contributed by atoms with van der Waals surface area (Å²) >= 11 is 5.25. The summed E-state index contributed by atoms with van der Waals surface area (Å²) in [4.78, 5) is 0. The van der Waals surface area contributed by atoms with E-state index in [0.29, 0.717) is 5.76 Å². The lowest BCUT2D eigenvalue weighted by atomic mass is 10.5. The Kier molecular flexibility index (Phi) is 1.37. The van der Waals surface area contributed by atoms with Crippen LogP contribution in [0.25, 0.3) is 0 Å². The fourth-order valence-electron chi connectivity index (χ4n) is 0.353. The predicted molar refractivity (Wildman–Crippen MR) is 28.0 cm³/mol. The molecular weight excluding hydrogens is 112 g/mol. The van der Waals surface area contributed by atoms with E-state index in [0.717, 1.165) is 0 Å². The van der Waals surface area contributed by atoms with Gasteiger partial charge in [0.1, 0.15) is 11.6 Å². The SMILES string of the molecule is Cl[CH]c1ccco1. The molecule has 1 rings (SSSR count). The van der Waals surface area contributed by atoms with Gasteiger partial charge in [-0.3, -0.25) is 0 Å². The van der Waals surface area contributed by atoms with Gasteiger partial charge in [0.2, 0.25) is 0 Å². The Labute approximate surface area is 46.9 Å². The molecule has 0 amide bonds. The van der Waals surface area contributed by atoms with E-state index in [1.807, 2.05) is 0 Å². The molecule has 1 heterocycles. The minimum absolute atomic E-state index is 0.696. The maximum absolute atomic E-state index is 5.25. The molecule has 0 saturated carbocycles. The monoisotopic (exact) mass is 115 g/mol. The van der Waals surface area contributed by atoms with Gasteiger partial charge in [-0.2, -0.15) is 0 Å². The lowest BCUT2D eigenvalue weighted by molar-refractivity contribution is 0.546. The summed E-state index contributed by atoms with van der Waals surface area (Å²) in [6.07, 6.45) is 1.58. The van der Waals surface area contributed by atoms with Gasteiger partial charge < -0.3 is 4.42 Å². The molecule has 7 heavy (non-hydrogen) atoms. The Balaban J connectivity index is 2.76. The van der Waals surface area contributed by atoms with Crippen LogP contribution in [0.4, 0.5) is 0 Å². The topological polar surface area (TPSA) is 13.1 Å². The van der Waals surface area contributed by atoms with Crippen molar-refractivity contribution >= 4 is 11.6 Å². The number of hydrogen-bond donors (Lipinski definition) is 0. The summed E-state index contributed by atoms with van der Waals surface area (Å²) in [5.41, 5.74) is 0. The molecule has 37 valence electrons. The second kappa shape index (κ2) is 2.03. The van der Waals surface area contributed by atoms with Gasteiger partial charge in [0.05, 0.1) is 6.26 Å². The van der Waals surface area contributed by atoms with Gasteiger partial charge in [-0.15, -0.1) is 11.6 Å². The maximum atomic E-state index is 5.25. The molecule has 0 aliphatic carbocycles. The third-order valence-corrected chi connectivity index (χ3v) is 0.866. The normalized spacial score (nSPS) is 9.29. The minimum atomic E-state index is 0.696. The third-order valence-electron chi connectivity index (χ3n) is 0.651. The molecule has 0 N–H and O–H groups in total. The number of rotatable bonds is 1. The van der Waals surface area contributed by atoms with Crippen molar-refractivity contribution in [2.45, 2.75) is 0 Å². The largest absolute Gasteiger partial charge is 0.468 e. The maximum Gasteiger partial charge on any atom is 0.123 e. The van der Waals surface area contributed by atoms with Crippen LogP contribution in [0.3, 0.4) is 0 Å². The van der Waals surface area contributed by atoms with E-state index in [-0.39, 0.29) is 0 Å². The highest BCUT2D eigenvalue weighted by molar-refractivity contribution is 6.24. The Hall–Kier alpha value is -0.430. The number of halogens is 1. The molecule has 0 aromatic carbocycles. The molecule has 0 fully saturated rings. The zero-order valence-electron chi connectivity index (χ0n) is 3.60. The molecule has 1 aromatic heterocycles. The molecule has 0 saturated heterocycles. The van der Waals surface area contributed by atoms with Crippen molar-refractivity contribution in [3.05, 3.63) is 30.0 Å². The van der Waals surface area contributed by atoms with Gasteiger partial charge in [0.25, 0.3) is 0 Å². The van der Waals surface area contributed by atoms with Gasteiger partial charge in [-0.05, 0) is 12.1 Å². The van der Waals surface area contributed by atoms with Crippen molar-refractivity contribution in [1.82, 2.24) is 0 Å². The van der Waals surface area contributed by atoms with Crippen LogP contribution in [-0.2, 0) is 0 Å². The van der Waals surface area contributed by atoms with E-state index in [1.54, 1.807) is 18.4 Å². The molecule has 0 aliphatic heterocycles. The first-order valence-corrected chi connectivity index (χ1v) is 2.34. The second-order valence-electron chi connectivity index (χ2n) is 1.12. The van der Waals surface area contributed by atoms with Crippen molar-refractivity contribution in [2.24, 2.45) is 0 Å². The Morgan fingerprint density at radius 3 is 2.86 bits per heavy atom. The van der Waals surface area contributed by atoms with Crippen LogP contribution in [0.2, 0.25) is 0 Å². The van der Waals surface area contributed by atoms with E-state index in [2.05, 4.69) is 0 Å². The molecule has 1 aromatic rings. The molecule has 1 radical (unpaired) electrons. The first-order chi connectivity index (χ1) is 3.43. The fourth-order valence-corrected chi connectivity index (χ4v) is 0.478. The summed E-state index contributed by atoms with van der Waals surface area (Å²) in [5, 5.41) is 0. The average molecular weight is 116 g/mol. The fraction of sp³-hybridized carbons (Fsp3) is 0. The Bertz CT molecular complexity index is 123. The summed E-state index contributed by atoms with van der Waals surface area (Å²) in [7, 11) is 0. The zero-order chi connectivity index (χ0) is 5.11. The zero-order valence-corrected chi connectivity index (χ0v) is 4.35. The molecule has 0 atom stereocenters. The van der Waals surface area contributed by atoms with Crippen LogP contribution < -0.4 is 0 Å². The van der Waals surface area contributed by atoms with Crippen LogP contribution in [-0.4, -0.2) is 0 Å². The summed E-state index contributed by atoms with van der Waals surface area (Å²) in [6.45, 7) is 0. The third kappa shape index (κ3) is 0.967. The van der Waals surface area contributed by atoms with Crippen LogP contribution in [0, 0.1) is 5.88 Å². The Morgan fingerprint density at radius 1 is 1.71 bits per heavy atom. The number of hydrogen-bond acceptors (Lipinski definition) is 1. The molecule has 0 aliphatic rings. The average Bonchev–Trinajstić information content (AvgIpc) is 2.14. The lowest BCUT2D eigenvalue weighted by Crippen LogP contribution is -1.58. The van der Waals surface area contributed by atoms with Crippen LogP contribution in [0.1, 0.15) is 5.76 Å². The van der Waals surface area contributed by atoms with E-state index >= 15 is 0 Å². The van der Waals surface area contributed by atoms with E-state index < -0.39 is 0 Å². The molecule has 0 bridgehead atoms. The molecular formula is C5H4ClO. The second-order valence-corrected chi connectivity index (χ2v) is 1.34. The summed E-state index contributed by atoms with van der Waals surface area (Å²) in [5.74, 6) is 2.08. The van der Waals surface area contributed by atoms with Gasteiger partial charge in [-0.1, -0.05) is 0 Å². The predicted octanol–water partition coefficient (Wildman–Crippen LogP) is 2.03. The van der Waals surface area contributed by atoms with E-state index in [9.17, 15) is 0 Å². The minimum Gasteiger partial charge on any atom is -0.468 e. The van der Waals surface area contributed by atoms with Crippen molar-refractivity contribution in [2.75, 3.05) is 0 Å².